The third-order valence-corrected chi connectivity index (χ3v) is 1.19. The van der Waals surface area contributed by atoms with Gasteiger partial charge in [0.15, 0.2) is 0 Å². The Labute approximate surface area is 59.5 Å². The lowest BCUT2D eigenvalue weighted by Crippen LogP contribution is -2.36. The molecule has 0 bridgehead atoms. The minimum atomic E-state index is -1.30. The van der Waals surface area contributed by atoms with E-state index in [1.807, 2.05) is 0 Å². The summed E-state index contributed by atoms with van der Waals surface area (Å²) >= 11 is 0. The summed E-state index contributed by atoms with van der Waals surface area (Å²) in [6, 6.07) is -0.574. The summed E-state index contributed by atoms with van der Waals surface area (Å²) in [5, 5.41) is 10.1. The van der Waals surface area contributed by atoms with Crippen LogP contribution in [0.5, 0.6) is 0 Å². The zero-order chi connectivity index (χ0) is 8.15. The van der Waals surface area contributed by atoms with E-state index in [2.05, 4.69) is 6.58 Å². The van der Waals surface area contributed by atoms with Gasteiger partial charge in [0, 0.05) is 6.04 Å². The Morgan fingerprint density at radius 3 is 2.50 bits per heavy atom. The highest BCUT2D eigenvalue weighted by Gasteiger charge is 2.05. The number of aliphatic carboxylic acids is 1. The van der Waals surface area contributed by atoms with Crippen LogP contribution in [0.15, 0.2) is 12.2 Å². The van der Waals surface area contributed by atoms with Crippen LogP contribution in [-0.4, -0.2) is 18.6 Å². The van der Waals surface area contributed by atoms with Crippen molar-refractivity contribution in [2.24, 2.45) is 11.5 Å². The van der Waals surface area contributed by atoms with Crippen LogP contribution in [0.4, 0.5) is 0 Å². The maximum atomic E-state index is 10.1. The van der Waals surface area contributed by atoms with Crippen molar-refractivity contribution >= 4 is 5.97 Å². The maximum absolute atomic E-state index is 10.1. The van der Waals surface area contributed by atoms with E-state index in [0.717, 1.165) is 0 Å². The van der Waals surface area contributed by atoms with Crippen LogP contribution in [0.3, 0.4) is 0 Å². The molecule has 0 heterocycles. The molecule has 0 aliphatic carbocycles. The van der Waals surface area contributed by atoms with Gasteiger partial charge in [-0.1, -0.05) is 6.58 Å². The van der Waals surface area contributed by atoms with Crippen molar-refractivity contribution in [3.8, 4) is 0 Å². The summed E-state index contributed by atoms with van der Waals surface area (Å²) in [6.07, 6.45) is 0.423. The van der Waals surface area contributed by atoms with Gasteiger partial charge in [0.25, 0.3) is 0 Å². The molecule has 0 aromatic rings. The van der Waals surface area contributed by atoms with E-state index in [1.54, 1.807) is 0 Å². The lowest BCUT2D eigenvalue weighted by molar-refractivity contribution is -0.299. The molecule has 0 spiro atoms. The van der Waals surface area contributed by atoms with Crippen LogP contribution in [0, 0.1) is 0 Å². The third-order valence-electron chi connectivity index (χ3n) is 1.19. The van der Waals surface area contributed by atoms with E-state index in [-0.39, 0.29) is 5.57 Å². The monoisotopic (exact) mass is 143 g/mol. The second-order valence-corrected chi connectivity index (χ2v) is 2.00. The maximum Gasteiger partial charge on any atom is 0.0684 e. The van der Waals surface area contributed by atoms with Gasteiger partial charge in [0.2, 0.25) is 0 Å². The van der Waals surface area contributed by atoms with Crippen LogP contribution in [-0.2, 0) is 4.79 Å². The van der Waals surface area contributed by atoms with E-state index in [9.17, 15) is 9.90 Å². The summed E-state index contributed by atoms with van der Waals surface area (Å²) < 4.78 is 0. The molecular formula is C6H11N2O2-. The van der Waals surface area contributed by atoms with Crippen molar-refractivity contribution in [1.82, 2.24) is 0 Å². The summed E-state index contributed by atoms with van der Waals surface area (Å²) in [7, 11) is 0. The fourth-order valence-electron chi connectivity index (χ4n) is 0.505. The van der Waals surface area contributed by atoms with E-state index in [1.165, 1.54) is 0 Å². The quantitative estimate of drug-likeness (QED) is 0.444. The molecule has 1 atom stereocenters. The molecule has 4 N–H and O–H groups in total. The van der Waals surface area contributed by atoms with Gasteiger partial charge in [-0.05, 0) is 18.5 Å². The predicted octanol–water partition coefficient (Wildman–Crippen LogP) is -2.03. The molecule has 0 aromatic carbocycles. The first-order chi connectivity index (χ1) is 4.59. The Hall–Kier alpha value is -0.870. The van der Waals surface area contributed by atoms with Gasteiger partial charge in [-0.15, -0.1) is 0 Å². The fourth-order valence-corrected chi connectivity index (χ4v) is 0.505. The van der Waals surface area contributed by atoms with Crippen LogP contribution in [0.25, 0.3) is 0 Å². The first-order valence-corrected chi connectivity index (χ1v) is 2.95. The Balaban J connectivity index is 3.82. The lowest BCUT2D eigenvalue weighted by atomic mass is 10.1. The normalized spacial score (nSPS) is 12.6. The van der Waals surface area contributed by atoms with Crippen molar-refractivity contribution < 1.29 is 9.90 Å². The molecule has 0 fully saturated rings. The predicted molar refractivity (Wildman–Crippen MR) is 35.8 cm³/mol. The SMILES string of the molecule is C=C(C(=O)[O-])C(N)CCN. The molecule has 4 nitrogen and oxygen atoms in total. The lowest BCUT2D eigenvalue weighted by Gasteiger charge is -2.13. The minimum absolute atomic E-state index is 0.0922. The summed E-state index contributed by atoms with van der Waals surface area (Å²) in [5.41, 5.74) is 10.4. The average Bonchev–Trinajstić information content (AvgIpc) is 1.87. The highest BCUT2D eigenvalue weighted by Crippen LogP contribution is 1.97. The second-order valence-electron chi connectivity index (χ2n) is 2.00. The molecule has 0 rings (SSSR count). The Morgan fingerprint density at radius 2 is 2.20 bits per heavy atom. The first kappa shape index (κ1) is 9.13. The molecule has 0 radical (unpaired) electrons. The number of carbonyl (C=O) groups is 1. The van der Waals surface area contributed by atoms with E-state index in [4.69, 9.17) is 11.5 Å². The number of rotatable bonds is 4. The molecule has 0 amide bonds. The van der Waals surface area contributed by atoms with Crippen LogP contribution in [0.2, 0.25) is 0 Å². The Morgan fingerprint density at radius 1 is 1.70 bits per heavy atom. The standard InChI is InChI=1S/C6H12N2O2/c1-4(6(9)10)5(8)2-3-7/h5H,1-3,7-8H2,(H,9,10)/p-1. The van der Waals surface area contributed by atoms with Crippen molar-refractivity contribution in [2.45, 2.75) is 12.5 Å². The van der Waals surface area contributed by atoms with Gasteiger partial charge in [0.05, 0.1) is 5.97 Å². The molecule has 0 saturated heterocycles. The molecule has 1 unspecified atom stereocenters. The zero-order valence-electron chi connectivity index (χ0n) is 5.67. The van der Waals surface area contributed by atoms with E-state index < -0.39 is 12.0 Å². The van der Waals surface area contributed by atoms with Gasteiger partial charge in [-0.3, -0.25) is 0 Å². The van der Waals surface area contributed by atoms with Gasteiger partial charge in [-0.2, -0.15) is 0 Å². The number of hydrogen-bond donors (Lipinski definition) is 2. The molecule has 0 aromatic heterocycles. The first-order valence-electron chi connectivity index (χ1n) is 2.95. The van der Waals surface area contributed by atoms with Crippen LogP contribution >= 0.6 is 0 Å². The van der Waals surface area contributed by atoms with Gasteiger partial charge < -0.3 is 21.4 Å². The van der Waals surface area contributed by atoms with Crippen molar-refractivity contribution in [1.29, 1.82) is 0 Å². The van der Waals surface area contributed by atoms with Crippen LogP contribution < -0.4 is 16.6 Å². The number of carboxylic acids is 1. The molecular weight excluding hydrogens is 132 g/mol. The van der Waals surface area contributed by atoms with Gasteiger partial charge in [-0.25, -0.2) is 0 Å². The molecule has 0 saturated carbocycles. The highest BCUT2D eigenvalue weighted by atomic mass is 16.4. The minimum Gasteiger partial charge on any atom is -0.545 e. The fraction of sp³-hybridized carbons (Fsp3) is 0.500. The number of carbonyl (C=O) groups excluding carboxylic acids is 1. The highest BCUT2D eigenvalue weighted by molar-refractivity contribution is 5.85. The Kier molecular flexibility index (Phi) is 3.68. The van der Waals surface area contributed by atoms with Gasteiger partial charge in [0.1, 0.15) is 0 Å². The number of nitrogens with two attached hydrogens (primary N) is 2. The summed E-state index contributed by atoms with van der Waals surface area (Å²) in [5.74, 6) is -1.30. The van der Waals surface area contributed by atoms with Crippen molar-refractivity contribution in [3.05, 3.63) is 12.2 Å². The van der Waals surface area contributed by atoms with E-state index in [0.29, 0.717) is 13.0 Å². The molecule has 58 valence electrons. The second kappa shape index (κ2) is 4.03. The van der Waals surface area contributed by atoms with Crippen molar-refractivity contribution in [3.63, 3.8) is 0 Å². The summed E-state index contributed by atoms with van der Waals surface area (Å²) in [4.78, 5) is 10.1. The molecule has 4 heteroatoms. The van der Waals surface area contributed by atoms with Crippen molar-refractivity contribution in [2.75, 3.05) is 6.54 Å². The molecule has 10 heavy (non-hydrogen) atoms. The largest absolute Gasteiger partial charge is 0.545 e. The van der Waals surface area contributed by atoms with Gasteiger partial charge >= 0.3 is 0 Å². The Bertz CT molecular complexity index is 145. The average molecular weight is 143 g/mol. The zero-order valence-corrected chi connectivity index (χ0v) is 5.67. The number of hydrogen-bond acceptors (Lipinski definition) is 4. The van der Waals surface area contributed by atoms with Crippen LogP contribution in [0.1, 0.15) is 6.42 Å². The molecule has 0 aliphatic heterocycles. The van der Waals surface area contributed by atoms with E-state index >= 15 is 0 Å². The topological polar surface area (TPSA) is 92.2 Å². The molecule has 0 aliphatic rings. The third kappa shape index (κ3) is 2.61. The smallest absolute Gasteiger partial charge is 0.0684 e. The number of carboxylic acid groups (broad SMARTS) is 1. The summed E-state index contributed by atoms with van der Waals surface area (Å²) in [6.45, 7) is 3.58.